The van der Waals surface area contributed by atoms with E-state index in [1.54, 1.807) is 13.8 Å². The molecular formula is C10H12N4O2S. The Morgan fingerprint density at radius 2 is 2.18 bits per heavy atom. The second-order valence-corrected chi connectivity index (χ2v) is 4.34. The summed E-state index contributed by atoms with van der Waals surface area (Å²) in [5, 5.41) is 13.9. The van der Waals surface area contributed by atoms with E-state index in [0.717, 1.165) is 12.2 Å². The number of aromatic carboxylic acids is 1. The molecule has 2 rings (SSSR count). The maximum absolute atomic E-state index is 11.1. The van der Waals surface area contributed by atoms with Crippen molar-refractivity contribution in [3.8, 4) is 5.13 Å². The van der Waals surface area contributed by atoms with Crippen molar-refractivity contribution in [3.05, 3.63) is 22.8 Å². The van der Waals surface area contributed by atoms with E-state index in [2.05, 4.69) is 14.5 Å². The topological polar surface area (TPSA) is 80.9 Å². The Morgan fingerprint density at radius 1 is 1.47 bits per heavy atom. The van der Waals surface area contributed by atoms with Crippen molar-refractivity contribution in [3.63, 3.8) is 0 Å². The minimum absolute atomic E-state index is 0.234. The molecule has 6 nitrogen and oxygen atoms in total. The fourth-order valence-electron chi connectivity index (χ4n) is 1.61. The molecule has 0 aromatic carbocycles. The van der Waals surface area contributed by atoms with Gasteiger partial charge in [-0.1, -0.05) is 6.92 Å². The molecule has 1 N–H and O–H groups in total. The van der Waals surface area contributed by atoms with Gasteiger partial charge in [0, 0.05) is 18.0 Å². The van der Waals surface area contributed by atoms with Gasteiger partial charge in [-0.25, -0.2) is 14.5 Å². The lowest BCUT2D eigenvalue weighted by molar-refractivity contribution is 0.0695. The van der Waals surface area contributed by atoms with E-state index in [4.69, 9.17) is 5.11 Å². The fourth-order valence-corrected chi connectivity index (χ4v) is 2.37. The van der Waals surface area contributed by atoms with Crippen LogP contribution < -0.4 is 0 Å². The van der Waals surface area contributed by atoms with E-state index in [9.17, 15) is 4.79 Å². The van der Waals surface area contributed by atoms with Crippen molar-refractivity contribution in [2.75, 3.05) is 0 Å². The second kappa shape index (κ2) is 4.25. The minimum atomic E-state index is -0.966. The van der Waals surface area contributed by atoms with Crippen LogP contribution in [0.2, 0.25) is 0 Å². The molecule has 0 aliphatic rings. The zero-order valence-electron chi connectivity index (χ0n) is 9.76. The zero-order chi connectivity index (χ0) is 12.6. The van der Waals surface area contributed by atoms with Gasteiger partial charge in [0.1, 0.15) is 11.4 Å². The maximum atomic E-state index is 11.1. The predicted molar refractivity (Wildman–Crippen MR) is 62.8 cm³/mol. The van der Waals surface area contributed by atoms with Gasteiger partial charge in [-0.15, -0.1) is 0 Å². The molecule has 0 aliphatic carbocycles. The lowest BCUT2D eigenvalue weighted by Gasteiger charge is -1.97. The summed E-state index contributed by atoms with van der Waals surface area (Å²) in [6, 6.07) is 0. The molecular weight excluding hydrogens is 240 g/mol. The fraction of sp³-hybridized carbons (Fsp3) is 0.400. The van der Waals surface area contributed by atoms with Gasteiger partial charge in [0.05, 0.1) is 11.4 Å². The molecule has 0 atom stereocenters. The smallest absolute Gasteiger partial charge is 0.339 e. The number of hydrogen-bond acceptors (Lipinski definition) is 5. The Hall–Kier alpha value is -1.76. The minimum Gasteiger partial charge on any atom is -0.478 e. The van der Waals surface area contributed by atoms with Crippen LogP contribution in [0.3, 0.4) is 0 Å². The van der Waals surface area contributed by atoms with E-state index in [1.807, 2.05) is 6.92 Å². The Morgan fingerprint density at radius 3 is 2.65 bits per heavy atom. The zero-order valence-corrected chi connectivity index (χ0v) is 10.6. The first-order valence-electron chi connectivity index (χ1n) is 5.17. The van der Waals surface area contributed by atoms with E-state index < -0.39 is 5.97 Å². The molecule has 2 aromatic heterocycles. The molecule has 0 amide bonds. The summed E-state index contributed by atoms with van der Waals surface area (Å²) in [5.41, 5.74) is 1.30. The summed E-state index contributed by atoms with van der Waals surface area (Å²) in [5.74, 6) is -0.221. The van der Waals surface area contributed by atoms with Crippen LogP contribution in [0.5, 0.6) is 0 Å². The molecule has 0 bridgehead atoms. The summed E-state index contributed by atoms with van der Waals surface area (Å²) in [6.07, 6.45) is 0.752. The van der Waals surface area contributed by atoms with Crippen molar-refractivity contribution >= 4 is 17.5 Å². The van der Waals surface area contributed by atoms with Gasteiger partial charge >= 0.3 is 5.97 Å². The highest BCUT2D eigenvalue weighted by Gasteiger charge is 2.20. The first-order chi connectivity index (χ1) is 8.04. The van der Waals surface area contributed by atoms with E-state index in [-0.39, 0.29) is 5.56 Å². The van der Waals surface area contributed by atoms with Crippen LogP contribution in [0.4, 0.5) is 0 Å². The average molecular weight is 252 g/mol. The van der Waals surface area contributed by atoms with Crippen molar-refractivity contribution in [2.45, 2.75) is 27.2 Å². The van der Waals surface area contributed by atoms with Crippen molar-refractivity contribution in [1.29, 1.82) is 0 Å². The number of aryl methyl sites for hydroxylation is 2. The molecule has 0 saturated carbocycles. The van der Waals surface area contributed by atoms with Crippen LogP contribution in [-0.2, 0) is 6.42 Å². The molecule has 0 unspecified atom stereocenters. The number of nitrogens with zero attached hydrogens (tertiary/aromatic N) is 4. The van der Waals surface area contributed by atoms with Gasteiger partial charge in [-0.2, -0.15) is 9.47 Å². The van der Waals surface area contributed by atoms with Gasteiger partial charge in [0.25, 0.3) is 0 Å². The highest BCUT2D eigenvalue weighted by Crippen LogP contribution is 2.19. The molecule has 0 saturated heterocycles. The van der Waals surface area contributed by atoms with E-state index >= 15 is 0 Å². The normalized spacial score (nSPS) is 10.8. The van der Waals surface area contributed by atoms with E-state index in [0.29, 0.717) is 16.5 Å². The highest BCUT2D eigenvalue weighted by molar-refractivity contribution is 7.08. The SMILES string of the molecule is CCc1nsc(-n2nc(C)c(C(=O)O)c2C)n1. The molecule has 90 valence electrons. The van der Waals surface area contributed by atoms with Crippen molar-refractivity contribution < 1.29 is 9.90 Å². The summed E-state index contributed by atoms with van der Waals surface area (Å²) >= 11 is 1.22. The van der Waals surface area contributed by atoms with E-state index in [1.165, 1.54) is 16.2 Å². The third-order valence-corrected chi connectivity index (χ3v) is 3.19. The number of aromatic nitrogens is 4. The van der Waals surface area contributed by atoms with Crippen LogP contribution in [0.25, 0.3) is 5.13 Å². The molecule has 7 heteroatoms. The lowest BCUT2D eigenvalue weighted by Crippen LogP contribution is -2.02. The first-order valence-corrected chi connectivity index (χ1v) is 5.94. The van der Waals surface area contributed by atoms with Gasteiger partial charge in [0.15, 0.2) is 0 Å². The van der Waals surface area contributed by atoms with Gasteiger partial charge < -0.3 is 5.11 Å². The number of hydrogen-bond donors (Lipinski definition) is 1. The predicted octanol–water partition coefficient (Wildman–Crippen LogP) is 1.60. The van der Waals surface area contributed by atoms with Crippen LogP contribution in [0.1, 0.15) is 34.5 Å². The van der Waals surface area contributed by atoms with Crippen LogP contribution >= 0.6 is 11.5 Å². The lowest BCUT2D eigenvalue weighted by atomic mass is 10.2. The Kier molecular flexibility index (Phi) is 2.93. The monoisotopic (exact) mass is 252 g/mol. The number of rotatable bonds is 3. The molecule has 0 spiro atoms. The number of carbonyl (C=O) groups is 1. The van der Waals surface area contributed by atoms with Gasteiger partial charge in [0.2, 0.25) is 5.13 Å². The molecule has 2 heterocycles. The third kappa shape index (κ3) is 1.93. The first kappa shape index (κ1) is 11.7. The molecule has 17 heavy (non-hydrogen) atoms. The summed E-state index contributed by atoms with van der Waals surface area (Å²) in [6.45, 7) is 5.36. The molecule has 0 radical (unpaired) electrons. The number of carboxylic acid groups (broad SMARTS) is 1. The third-order valence-electron chi connectivity index (χ3n) is 2.46. The highest BCUT2D eigenvalue weighted by atomic mass is 32.1. The maximum Gasteiger partial charge on any atom is 0.339 e. The second-order valence-electron chi connectivity index (χ2n) is 3.61. The summed E-state index contributed by atoms with van der Waals surface area (Å²) in [4.78, 5) is 15.4. The largest absolute Gasteiger partial charge is 0.478 e. The summed E-state index contributed by atoms with van der Waals surface area (Å²) in [7, 11) is 0. The van der Waals surface area contributed by atoms with Crippen molar-refractivity contribution in [2.24, 2.45) is 0 Å². The van der Waals surface area contributed by atoms with Gasteiger partial charge in [-0.05, 0) is 13.8 Å². The number of carboxylic acids is 1. The Labute approximate surface area is 102 Å². The Balaban J connectivity index is 2.53. The Bertz CT molecular complexity index is 573. The summed E-state index contributed by atoms with van der Waals surface area (Å²) < 4.78 is 5.70. The average Bonchev–Trinajstić information content (AvgIpc) is 2.82. The van der Waals surface area contributed by atoms with Gasteiger partial charge in [-0.3, -0.25) is 0 Å². The van der Waals surface area contributed by atoms with Crippen LogP contribution in [0, 0.1) is 13.8 Å². The van der Waals surface area contributed by atoms with Crippen LogP contribution in [-0.4, -0.2) is 30.2 Å². The van der Waals surface area contributed by atoms with Crippen molar-refractivity contribution in [1.82, 2.24) is 19.1 Å². The quantitative estimate of drug-likeness (QED) is 0.897. The van der Waals surface area contributed by atoms with Crippen LogP contribution in [0.15, 0.2) is 0 Å². The standard InChI is InChI=1S/C10H12N4O2S/c1-4-7-11-10(17-13-7)14-6(3)8(9(15)16)5(2)12-14/h4H2,1-3H3,(H,15,16). The molecule has 0 aliphatic heterocycles. The molecule has 2 aromatic rings. The molecule has 0 fully saturated rings.